The lowest BCUT2D eigenvalue weighted by molar-refractivity contribution is -0.118. The number of carbonyl (C=O) groups is 1. The van der Waals surface area contributed by atoms with E-state index < -0.39 is 36.5 Å². The molecule has 0 spiro atoms. The molecule has 1 N–H and O–H groups in total. The molecular formula is C62H70Cl2O7P3S2Si+. The summed E-state index contributed by atoms with van der Waals surface area (Å²) in [5.74, 6) is -0.251. The van der Waals surface area contributed by atoms with E-state index in [0.29, 0.717) is 53.7 Å². The van der Waals surface area contributed by atoms with E-state index in [2.05, 4.69) is 43.7 Å². The second-order valence-electron chi connectivity index (χ2n) is 20.2. The van der Waals surface area contributed by atoms with Gasteiger partial charge in [0.2, 0.25) is 14.7 Å². The highest BCUT2D eigenvalue weighted by Gasteiger charge is 2.39. The lowest BCUT2D eigenvalue weighted by Crippen LogP contribution is -2.17. The number of thiophene rings is 2. The van der Waals surface area contributed by atoms with E-state index in [1.165, 1.54) is 27.2 Å². The lowest BCUT2D eigenvalue weighted by atomic mass is 9.99. The number of Topliss-reactive ketones (excluding diaryl/α,β-unsaturated/α-hetero) is 1. The minimum Gasteiger partial charge on any atom is -0.344 e. The predicted octanol–water partition coefficient (Wildman–Crippen LogP) is 19.6. The van der Waals surface area contributed by atoms with Crippen molar-refractivity contribution in [2.24, 2.45) is 0 Å². The standard InChI is InChI=1S/C29H24ClO3PS.C19H20ClO2PS.C10H14O2P.C4H12Si/c30-24-12-13-28-25(18-24)26(19-35-28)29(34(32,33)15-14-20-6-2-1-3-7-20)27(31)17-21-10-11-22-8-4-5-9-23(22)16-21;1-2-22-23(21,11-10-15-6-4-3-5-7-15)13-16-14-24-19-9-8-17(20)12-18(16)19;1-2-12-13(11)9-8-10-6-4-3-5-7-10;1-5(2,3)4/h1-13,16,18-19,29H,14-15,17H2,(H,32,33);3-9,12,14H,2,10-11,13H2,1H3;3-7H,2,8-9H2,1H3;1-4H3/q;;+1;. The van der Waals surface area contributed by atoms with Crippen LogP contribution in [-0.2, 0) is 59.4 Å². The molecule has 2 heterocycles. The summed E-state index contributed by atoms with van der Waals surface area (Å²) in [6.45, 7) is 14.1. The van der Waals surface area contributed by atoms with Crippen molar-refractivity contribution in [1.29, 1.82) is 0 Å². The van der Waals surface area contributed by atoms with Crippen LogP contribution in [0.5, 0.6) is 0 Å². The minimum atomic E-state index is -3.90. The van der Waals surface area contributed by atoms with E-state index in [9.17, 15) is 23.4 Å². The molecule has 0 saturated carbocycles. The first-order valence-corrected chi connectivity index (χ1v) is 37.7. The van der Waals surface area contributed by atoms with Crippen LogP contribution in [0.3, 0.4) is 0 Å². The van der Waals surface area contributed by atoms with Crippen molar-refractivity contribution in [3.63, 3.8) is 0 Å². The Morgan fingerprint density at radius 3 is 1.69 bits per heavy atom. The number of hydrogen-bond donors (Lipinski definition) is 1. The number of benzene rings is 7. The highest BCUT2D eigenvalue weighted by atomic mass is 35.5. The molecule has 0 radical (unpaired) electrons. The zero-order chi connectivity index (χ0) is 55.4. The van der Waals surface area contributed by atoms with E-state index >= 15 is 0 Å². The molecule has 0 saturated heterocycles. The maximum absolute atomic E-state index is 13.9. The summed E-state index contributed by atoms with van der Waals surface area (Å²) < 4.78 is 51.2. The molecule has 7 nitrogen and oxygen atoms in total. The predicted molar refractivity (Wildman–Crippen MR) is 335 cm³/mol. The molecule has 4 atom stereocenters. The Morgan fingerprint density at radius 2 is 1.12 bits per heavy atom. The van der Waals surface area contributed by atoms with Crippen molar-refractivity contribution in [2.75, 3.05) is 31.7 Å². The Kier molecular flexibility index (Phi) is 24.3. The van der Waals surface area contributed by atoms with Crippen LogP contribution < -0.4 is 0 Å². The third-order valence-corrected chi connectivity index (χ3v) is 20.3. The summed E-state index contributed by atoms with van der Waals surface area (Å²) >= 11 is 15.5. The molecule has 9 aromatic rings. The largest absolute Gasteiger partial charge is 0.508 e. The Hall–Kier alpha value is -4.37. The van der Waals surface area contributed by atoms with Gasteiger partial charge >= 0.3 is 8.03 Å². The fraction of sp³-hybridized carbons (Fsp3) is 0.274. The highest BCUT2D eigenvalue weighted by Crippen LogP contribution is 2.59. The van der Waals surface area contributed by atoms with Crippen molar-refractivity contribution in [1.82, 2.24) is 0 Å². The van der Waals surface area contributed by atoms with Gasteiger partial charge in [-0.15, -0.1) is 27.2 Å². The molecule has 0 aliphatic rings. The number of ketones is 1. The van der Waals surface area contributed by atoms with Gasteiger partial charge in [0.15, 0.2) is 11.9 Å². The van der Waals surface area contributed by atoms with Crippen molar-refractivity contribution in [2.45, 2.75) is 77.5 Å². The first kappa shape index (κ1) is 61.8. The molecule has 0 aliphatic heterocycles. The zero-order valence-corrected chi connectivity index (χ0v) is 51.6. The summed E-state index contributed by atoms with van der Waals surface area (Å²) in [5.41, 5.74) is 4.77. The van der Waals surface area contributed by atoms with Crippen LogP contribution in [0.4, 0.5) is 0 Å². The zero-order valence-electron chi connectivity index (χ0n) is 44.8. The van der Waals surface area contributed by atoms with E-state index in [4.69, 9.17) is 32.2 Å². The molecule has 0 bridgehead atoms. The fourth-order valence-electron chi connectivity index (χ4n) is 8.44. The van der Waals surface area contributed by atoms with Gasteiger partial charge in [-0.05, 0) is 133 Å². The normalized spacial score (nSPS) is 13.4. The van der Waals surface area contributed by atoms with Gasteiger partial charge < -0.3 is 9.42 Å². The van der Waals surface area contributed by atoms with E-state index in [1.54, 1.807) is 23.5 Å². The van der Waals surface area contributed by atoms with Crippen molar-refractivity contribution >= 4 is 113 Å². The quantitative estimate of drug-likeness (QED) is 0.0598. The van der Waals surface area contributed by atoms with Gasteiger partial charge in [0.25, 0.3) is 0 Å². The fourth-order valence-corrected chi connectivity index (χ4v) is 16.0. The van der Waals surface area contributed by atoms with Gasteiger partial charge in [0, 0.05) is 52.7 Å². The van der Waals surface area contributed by atoms with E-state index in [-0.39, 0.29) is 18.4 Å². The van der Waals surface area contributed by atoms with Crippen LogP contribution in [0.1, 0.15) is 52.9 Å². The molecule has 0 amide bonds. The summed E-state index contributed by atoms with van der Waals surface area (Å²) in [7, 11) is -8.70. The average molecular weight is 1180 g/mol. The first-order valence-electron chi connectivity index (χ1n) is 25.9. The number of rotatable bonds is 20. The van der Waals surface area contributed by atoms with Crippen molar-refractivity contribution < 1.29 is 32.4 Å². The molecule has 77 heavy (non-hydrogen) atoms. The van der Waals surface area contributed by atoms with E-state index in [0.717, 1.165) is 55.8 Å². The Labute approximate surface area is 475 Å². The topological polar surface area (TPSA) is 107 Å². The average Bonchev–Trinajstić information content (AvgIpc) is 4.01. The molecule has 404 valence electrons. The number of halogens is 2. The number of aryl methyl sites for hydroxylation is 3. The first-order chi connectivity index (χ1) is 36.8. The Balaban J connectivity index is 0.000000197. The van der Waals surface area contributed by atoms with Gasteiger partial charge in [-0.3, -0.25) is 13.9 Å². The SMILES string of the molecule is CCOP(=O)(CCc1ccccc1)Cc1csc2ccc(Cl)cc12.CCO[P+](=O)CCc1ccccc1.C[Si](C)(C)C.O=C(Cc1ccc2ccccc2c1)C(c1csc2ccc(Cl)cc12)P(=O)(O)CCc1ccccc1. The van der Waals surface area contributed by atoms with Gasteiger partial charge in [0.1, 0.15) is 5.66 Å². The Morgan fingerprint density at radius 1 is 0.610 bits per heavy atom. The third kappa shape index (κ3) is 20.4. The molecule has 0 fully saturated rings. The molecular weight excluding hydrogens is 1110 g/mol. The van der Waals surface area contributed by atoms with Crippen LogP contribution >= 0.6 is 68.6 Å². The molecule has 7 aromatic carbocycles. The molecule has 2 aromatic heterocycles. The van der Waals surface area contributed by atoms with Gasteiger partial charge in [-0.2, -0.15) is 0 Å². The molecule has 4 unspecified atom stereocenters. The molecule has 9 rings (SSSR count). The monoisotopic (exact) mass is 1180 g/mol. The lowest BCUT2D eigenvalue weighted by Gasteiger charge is -2.22. The summed E-state index contributed by atoms with van der Waals surface area (Å²) in [6, 6.07) is 55.0. The second-order valence-corrected chi connectivity index (χ2v) is 35.4. The number of fused-ring (bicyclic) bond motifs is 3. The van der Waals surface area contributed by atoms with E-state index in [1.807, 2.05) is 165 Å². The minimum absolute atomic E-state index is 0.0308. The molecule has 0 aliphatic carbocycles. The number of carbonyl (C=O) groups excluding carboxylic acids is 1. The maximum Gasteiger partial charge on any atom is 0.508 e. The van der Waals surface area contributed by atoms with Crippen LogP contribution in [0.25, 0.3) is 30.9 Å². The van der Waals surface area contributed by atoms with Crippen LogP contribution in [0.15, 0.2) is 181 Å². The summed E-state index contributed by atoms with van der Waals surface area (Å²) in [6.07, 6.45) is 3.78. The summed E-state index contributed by atoms with van der Waals surface area (Å²) in [4.78, 5) is 25.1. The maximum atomic E-state index is 13.9. The van der Waals surface area contributed by atoms with Gasteiger partial charge in [-0.1, -0.05) is 183 Å². The van der Waals surface area contributed by atoms with Crippen molar-refractivity contribution in [3.8, 4) is 0 Å². The van der Waals surface area contributed by atoms with Crippen LogP contribution in [-0.4, -0.2) is 50.5 Å². The number of hydrogen-bond acceptors (Lipinski definition) is 8. The Bertz CT molecular complexity index is 3400. The van der Waals surface area contributed by atoms with Crippen LogP contribution in [0, 0.1) is 0 Å². The third-order valence-electron chi connectivity index (χ3n) is 12.0. The van der Waals surface area contributed by atoms with Crippen LogP contribution in [0.2, 0.25) is 36.2 Å². The van der Waals surface area contributed by atoms with Gasteiger partial charge in [-0.25, -0.2) is 0 Å². The second kappa shape index (κ2) is 30.3. The van der Waals surface area contributed by atoms with Crippen molar-refractivity contribution in [3.05, 3.63) is 224 Å². The smallest absolute Gasteiger partial charge is 0.344 e. The summed E-state index contributed by atoms with van der Waals surface area (Å²) in [5, 5.41) is 9.16. The molecule has 15 heteroatoms. The highest BCUT2D eigenvalue weighted by molar-refractivity contribution is 7.59. The van der Waals surface area contributed by atoms with Gasteiger partial charge in [0.05, 0.1) is 19.4 Å².